The van der Waals surface area contributed by atoms with Gasteiger partial charge in [0.2, 0.25) is 0 Å². The number of amides is 1. The molecule has 1 aromatic heterocycles. The van der Waals surface area contributed by atoms with Gasteiger partial charge in [0.15, 0.2) is 5.82 Å². The number of hydrogen-bond donors (Lipinski definition) is 1. The number of nitrogens with one attached hydrogen (secondary N) is 1. The molecule has 0 fully saturated rings. The molecule has 0 saturated carbocycles. The SMILES string of the molecule is Cc1ccc(-c2nc(OC(C)C)nn2-c2ccc(NC(=O)c3ccc(-c4ccccc4)cc3)cc2)cc1. The number of nitrogens with zero attached hydrogens (tertiary/aromatic N) is 3. The first-order valence-electron chi connectivity index (χ1n) is 12.2. The van der Waals surface area contributed by atoms with E-state index in [1.165, 1.54) is 5.56 Å². The van der Waals surface area contributed by atoms with Crippen molar-refractivity contribution < 1.29 is 9.53 Å². The van der Waals surface area contributed by atoms with Crippen LogP contribution in [0.4, 0.5) is 5.69 Å². The monoisotopic (exact) mass is 488 g/mol. The molecule has 0 aliphatic rings. The molecule has 37 heavy (non-hydrogen) atoms. The molecule has 1 N–H and O–H groups in total. The van der Waals surface area contributed by atoms with Gasteiger partial charge < -0.3 is 10.1 Å². The Balaban J connectivity index is 1.35. The van der Waals surface area contributed by atoms with Crippen LogP contribution in [0, 0.1) is 6.92 Å². The number of hydrogen-bond acceptors (Lipinski definition) is 4. The quantitative estimate of drug-likeness (QED) is 0.269. The first-order chi connectivity index (χ1) is 18.0. The number of anilines is 1. The Morgan fingerprint density at radius 3 is 2.05 bits per heavy atom. The number of carbonyl (C=O) groups excluding carboxylic acids is 1. The molecule has 1 amide bonds. The van der Waals surface area contributed by atoms with Crippen molar-refractivity contribution in [3.05, 3.63) is 114 Å². The van der Waals surface area contributed by atoms with Crippen molar-refractivity contribution in [1.29, 1.82) is 0 Å². The number of ether oxygens (including phenoxy) is 1. The van der Waals surface area contributed by atoms with Gasteiger partial charge in [0, 0.05) is 16.8 Å². The topological polar surface area (TPSA) is 69.0 Å². The summed E-state index contributed by atoms with van der Waals surface area (Å²) in [4.78, 5) is 17.5. The lowest BCUT2D eigenvalue weighted by atomic mass is 10.0. The van der Waals surface area contributed by atoms with Crippen molar-refractivity contribution >= 4 is 11.6 Å². The molecular weight excluding hydrogens is 460 g/mol. The van der Waals surface area contributed by atoms with Crippen molar-refractivity contribution in [3.8, 4) is 34.2 Å². The molecule has 5 rings (SSSR count). The second-order valence-corrected chi connectivity index (χ2v) is 9.11. The maximum atomic E-state index is 12.8. The molecule has 0 spiro atoms. The Labute approximate surface area is 216 Å². The Morgan fingerprint density at radius 2 is 1.41 bits per heavy atom. The van der Waals surface area contributed by atoms with Crippen molar-refractivity contribution in [2.24, 2.45) is 0 Å². The zero-order chi connectivity index (χ0) is 25.8. The zero-order valence-electron chi connectivity index (χ0n) is 21.1. The predicted octanol–water partition coefficient (Wildman–Crippen LogP) is 6.95. The van der Waals surface area contributed by atoms with E-state index in [1.807, 2.05) is 124 Å². The summed E-state index contributed by atoms with van der Waals surface area (Å²) in [7, 11) is 0. The molecule has 0 unspecified atom stereocenters. The summed E-state index contributed by atoms with van der Waals surface area (Å²) in [6.07, 6.45) is -0.0407. The summed E-state index contributed by atoms with van der Waals surface area (Å²) in [5.41, 5.74) is 6.39. The van der Waals surface area contributed by atoms with E-state index in [1.54, 1.807) is 4.68 Å². The number of rotatable bonds is 7. The number of aryl methyl sites for hydroxylation is 1. The molecule has 0 radical (unpaired) electrons. The van der Waals surface area contributed by atoms with Gasteiger partial charge in [0.05, 0.1) is 11.8 Å². The van der Waals surface area contributed by atoms with Crippen LogP contribution in [0.25, 0.3) is 28.2 Å². The summed E-state index contributed by atoms with van der Waals surface area (Å²) in [5, 5.41) is 7.56. The highest BCUT2D eigenvalue weighted by molar-refractivity contribution is 6.04. The molecule has 5 aromatic rings. The molecule has 4 aromatic carbocycles. The molecule has 184 valence electrons. The van der Waals surface area contributed by atoms with Gasteiger partial charge in [-0.25, -0.2) is 4.68 Å². The summed E-state index contributed by atoms with van der Waals surface area (Å²) >= 11 is 0. The highest BCUT2D eigenvalue weighted by Gasteiger charge is 2.16. The highest BCUT2D eigenvalue weighted by atomic mass is 16.5. The van der Waals surface area contributed by atoms with Gasteiger partial charge in [-0.3, -0.25) is 4.79 Å². The standard InChI is InChI=1S/C31H28N4O2/c1-21(2)37-31-33-29(25-11-9-22(3)10-12-25)35(34-31)28-19-17-27(18-20-28)32-30(36)26-15-13-24(14-16-26)23-7-5-4-6-8-23/h4-21H,1-3H3,(H,32,36). The van der Waals surface area contributed by atoms with Crippen LogP contribution >= 0.6 is 0 Å². The minimum absolute atomic E-state index is 0.0407. The van der Waals surface area contributed by atoms with Gasteiger partial charge in [0.25, 0.3) is 5.91 Å². The van der Waals surface area contributed by atoms with Gasteiger partial charge in [-0.2, -0.15) is 4.98 Å². The second-order valence-electron chi connectivity index (χ2n) is 9.11. The van der Waals surface area contributed by atoms with Crippen molar-refractivity contribution in [2.75, 3.05) is 5.32 Å². The largest absolute Gasteiger partial charge is 0.460 e. The van der Waals surface area contributed by atoms with E-state index >= 15 is 0 Å². The molecule has 0 aliphatic carbocycles. The maximum Gasteiger partial charge on any atom is 0.336 e. The van der Waals surface area contributed by atoms with E-state index in [0.717, 1.165) is 22.4 Å². The molecule has 0 atom stereocenters. The van der Waals surface area contributed by atoms with Crippen LogP contribution in [0.1, 0.15) is 29.8 Å². The fourth-order valence-corrected chi connectivity index (χ4v) is 3.96. The molecule has 6 nitrogen and oxygen atoms in total. The molecule has 0 bridgehead atoms. The highest BCUT2D eigenvalue weighted by Crippen LogP contribution is 2.26. The van der Waals surface area contributed by atoms with E-state index in [2.05, 4.69) is 15.4 Å². The molecule has 6 heteroatoms. The smallest absolute Gasteiger partial charge is 0.336 e. The number of benzene rings is 4. The maximum absolute atomic E-state index is 12.8. The normalized spacial score (nSPS) is 10.9. The van der Waals surface area contributed by atoms with Crippen molar-refractivity contribution in [3.63, 3.8) is 0 Å². The minimum Gasteiger partial charge on any atom is -0.460 e. The van der Waals surface area contributed by atoms with Gasteiger partial charge in [0.1, 0.15) is 0 Å². The minimum atomic E-state index is -0.166. The third kappa shape index (κ3) is 5.59. The first-order valence-corrected chi connectivity index (χ1v) is 12.2. The van der Waals surface area contributed by atoms with Gasteiger partial charge in [-0.15, -0.1) is 5.10 Å². The third-order valence-electron chi connectivity index (χ3n) is 5.86. The number of aromatic nitrogens is 3. The summed E-state index contributed by atoms with van der Waals surface area (Å²) < 4.78 is 7.52. The molecular formula is C31H28N4O2. The van der Waals surface area contributed by atoms with E-state index in [4.69, 9.17) is 4.74 Å². The lowest BCUT2D eigenvalue weighted by molar-refractivity contribution is 0.102. The predicted molar refractivity (Wildman–Crippen MR) is 147 cm³/mol. The van der Waals surface area contributed by atoms with Crippen LogP contribution in [-0.4, -0.2) is 26.8 Å². The Kier molecular flexibility index (Phi) is 6.81. The van der Waals surface area contributed by atoms with E-state index in [0.29, 0.717) is 23.1 Å². The van der Waals surface area contributed by atoms with E-state index < -0.39 is 0 Å². The van der Waals surface area contributed by atoms with Crippen LogP contribution in [0.5, 0.6) is 6.01 Å². The van der Waals surface area contributed by atoms with Gasteiger partial charge >= 0.3 is 6.01 Å². The van der Waals surface area contributed by atoms with Crippen LogP contribution in [-0.2, 0) is 0 Å². The van der Waals surface area contributed by atoms with Gasteiger partial charge in [-0.1, -0.05) is 72.3 Å². The lowest BCUT2D eigenvalue weighted by Gasteiger charge is -2.09. The molecule has 0 saturated heterocycles. The van der Waals surface area contributed by atoms with Crippen LogP contribution < -0.4 is 10.1 Å². The molecule has 1 heterocycles. The first kappa shape index (κ1) is 24.0. The second kappa shape index (κ2) is 10.5. The average molecular weight is 489 g/mol. The third-order valence-corrected chi connectivity index (χ3v) is 5.86. The van der Waals surface area contributed by atoms with Gasteiger partial charge in [-0.05, 0) is 68.3 Å². The molecule has 0 aliphatic heterocycles. The Bertz CT molecular complexity index is 1490. The van der Waals surface area contributed by atoms with E-state index in [-0.39, 0.29) is 12.0 Å². The van der Waals surface area contributed by atoms with Crippen LogP contribution in [0.3, 0.4) is 0 Å². The lowest BCUT2D eigenvalue weighted by Crippen LogP contribution is -2.11. The van der Waals surface area contributed by atoms with Crippen molar-refractivity contribution in [1.82, 2.24) is 14.8 Å². The van der Waals surface area contributed by atoms with Crippen LogP contribution in [0.2, 0.25) is 0 Å². The average Bonchev–Trinajstić information content (AvgIpc) is 3.33. The zero-order valence-corrected chi connectivity index (χ0v) is 21.1. The fraction of sp³-hybridized carbons (Fsp3) is 0.129. The summed E-state index contributed by atoms with van der Waals surface area (Å²) in [5.74, 6) is 0.520. The summed E-state index contributed by atoms with van der Waals surface area (Å²) in [6.45, 7) is 5.93. The van der Waals surface area contributed by atoms with E-state index in [9.17, 15) is 4.79 Å². The Morgan fingerprint density at radius 1 is 0.784 bits per heavy atom. The number of carbonyl (C=O) groups is 1. The van der Waals surface area contributed by atoms with Crippen molar-refractivity contribution in [2.45, 2.75) is 26.9 Å². The summed E-state index contributed by atoms with van der Waals surface area (Å²) in [6, 6.07) is 33.7. The Hall–Kier alpha value is -4.71. The fourth-order valence-electron chi connectivity index (χ4n) is 3.96. The van der Waals surface area contributed by atoms with Crippen LogP contribution in [0.15, 0.2) is 103 Å².